The molecule has 0 spiro atoms. The van der Waals surface area contributed by atoms with E-state index in [4.69, 9.17) is 16.3 Å². The lowest BCUT2D eigenvalue weighted by Gasteiger charge is -2.07. The first-order valence-corrected chi connectivity index (χ1v) is 6.23. The summed E-state index contributed by atoms with van der Waals surface area (Å²) in [5.41, 5.74) is 1.75. The summed E-state index contributed by atoms with van der Waals surface area (Å²) in [6, 6.07) is 8.27. The van der Waals surface area contributed by atoms with E-state index in [9.17, 15) is 4.39 Å². The van der Waals surface area contributed by atoms with Crippen molar-refractivity contribution in [2.45, 2.75) is 13.2 Å². The molecule has 0 unspecified atom stereocenters. The van der Waals surface area contributed by atoms with Gasteiger partial charge in [0, 0.05) is 6.54 Å². The van der Waals surface area contributed by atoms with Crippen LogP contribution in [0.15, 0.2) is 36.5 Å². The Kier molecular flexibility index (Phi) is 4.71. The van der Waals surface area contributed by atoms with E-state index in [-0.39, 0.29) is 5.02 Å². The van der Waals surface area contributed by atoms with Crippen molar-refractivity contribution in [3.8, 4) is 5.75 Å². The number of rotatable bonds is 5. The third kappa shape index (κ3) is 3.91. The number of hydrogen-bond acceptors (Lipinski definition) is 3. The molecule has 0 amide bonds. The van der Waals surface area contributed by atoms with Gasteiger partial charge in [0.25, 0.3) is 0 Å². The fraction of sp³-hybridized carbons (Fsp3) is 0.214. The quantitative estimate of drug-likeness (QED) is 0.913. The Hall–Kier alpha value is -1.65. The van der Waals surface area contributed by atoms with Crippen LogP contribution in [-0.4, -0.2) is 12.0 Å². The molecule has 1 N–H and O–H groups in total. The fourth-order valence-corrected chi connectivity index (χ4v) is 1.78. The van der Waals surface area contributed by atoms with Crippen molar-refractivity contribution >= 4 is 11.6 Å². The molecule has 0 fully saturated rings. The summed E-state index contributed by atoms with van der Waals surface area (Å²) in [7, 11) is 1.87. The van der Waals surface area contributed by atoms with Crippen molar-refractivity contribution in [2.24, 2.45) is 0 Å². The van der Waals surface area contributed by atoms with Crippen LogP contribution in [0.5, 0.6) is 5.75 Å². The summed E-state index contributed by atoms with van der Waals surface area (Å²) in [5.74, 6) is 0.240. The summed E-state index contributed by atoms with van der Waals surface area (Å²) < 4.78 is 18.5. The van der Waals surface area contributed by atoms with Crippen LogP contribution in [0, 0.1) is 5.82 Å². The lowest BCUT2D eigenvalue weighted by molar-refractivity contribution is 0.304. The van der Waals surface area contributed by atoms with Crippen molar-refractivity contribution in [1.82, 2.24) is 10.3 Å². The van der Waals surface area contributed by atoms with Crippen molar-refractivity contribution in [1.29, 1.82) is 0 Å². The number of nitrogens with one attached hydrogen (secondary N) is 1. The van der Waals surface area contributed by atoms with E-state index in [1.165, 1.54) is 6.07 Å². The Morgan fingerprint density at radius 2 is 2.16 bits per heavy atom. The van der Waals surface area contributed by atoms with Crippen LogP contribution in [-0.2, 0) is 13.2 Å². The van der Waals surface area contributed by atoms with Crippen molar-refractivity contribution in [2.75, 3.05) is 7.05 Å². The minimum atomic E-state index is -0.427. The number of aromatic nitrogens is 1. The predicted molar refractivity (Wildman–Crippen MR) is 72.7 cm³/mol. The van der Waals surface area contributed by atoms with E-state index in [1.807, 2.05) is 19.2 Å². The maximum Gasteiger partial charge on any atom is 0.141 e. The molecule has 0 saturated carbocycles. The zero-order valence-electron chi connectivity index (χ0n) is 10.5. The highest BCUT2D eigenvalue weighted by Gasteiger charge is 2.02. The summed E-state index contributed by atoms with van der Waals surface area (Å²) in [5, 5.41) is 3.12. The number of pyridine rings is 1. The third-order valence-corrected chi connectivity index (χ3v) is 2.83. The standard InChI is InChI=1S/C14H14ClFN2O/c1-17-7-11-3-4-12(8-18-11)19-9-10-2-5-14(16)13(15)6-10/h2-6,8,17H,7,9H2,1H3. The second-order valence-corrected chi connectivity index (χ2v) is 4.46. The van der Waals surface area contributed by atoms with Crippen LogP contribution in [0.1, 0.15) is 11.3 Å². The minimum Gasteiger partial charge on any atom is -0.487 e. The normalized spacial score (nSPS) is 10.5. The van der Waals surface area contributed by atoms with Gasteiger partial charge >= 0.3 is 0 Å². The zero-order valence-corrected chi connectivity index (χ0v) is 11.2. The van der Waals surface area contributed by atoms with E-state index in [0.29, 0.717) is 18.9 Å². The molecule has 0 bridgehead atoms. The average molecular weight is 281 g/mol. The van der Waals surface area contributed by atoms with Crippen LogP contribution in [0.25, 0.3) is 0 Å². The van der Waals surface area contributed by atoms with Crippen LogP contribution < -0.4 is 10.1 Å². The molecule has 1 heterocycles. The minimum absolute atomic E-state index is 0.101. The molecule has 0 aliphatic carbocycles. The fourth-order valence-electron chi connectivity index (χ4n) is 1.58. The topological polar surface area (TPSA) is 34.1 Å². The van der Waals surface area contributed by atoms with Gasteiger partial charge in [0.2, 0.25) is 0 Å². The van der Waals surface area contributed by atoms with E-state index >= 15 is 0 Å². The Bertz CT molecular complexity index is 546. The van der Waals surface area contributed by atoms with Crippen LogP contribution in [0.4, 0.5) is 4.39 Å². The molecule has 2 rings (SSSR count). The van der Waals surface area contributed by atoms with Gasteiger partial charge in [0.1, 0.15) is 18.2 Å². The van der Waals surface area contributed by atoms with Crippen LogP contribution >= 0.6 is 11.6 Å². The van der Waals surface area contributed by atoms with E-state index in [0.717, 1.165) is 11.3 Å². The highest BCUT2D eigenvalue weighted by atomic mass is 35.5. The first-order chi connectivity index (χ1) is 9.19. The second-order valence-electron chi connectivity index (χ2n) is 4.05. The first-order valence-electron chi connectivity index (χ1n) is 5.85. The van der Waals surface area contributed by atoms with Crippen LogP contribution in [0.2, 0.25) is 5.02 Å². The van der Waals surface area contributed by atoms with Crippen molar-refractivity contribution in [3.63, 3.8) is 0 Å². The van der Waals surface area contributed by atoms with Gasteiger partial charge in [-0.25, -0.2) is 4.39 Å². The monoisotopic (exact) mass is 280 g/mol. The molecular weight excluding hydrogens is 267 g/mol. The van der Waals surface area contributed by atoms with Crippen molar-refractivity contribution < 1.29 is 9.13 Å². The number of nitrogens with zero attached hydrogens (tertiary/aromatic N) is 1. The second kappa shape index (κ2) is 6.50. The smallest absolute Gasteiger partial charge is 0.141 e. The molecule has 0 atom stereocenters. The molecule has 0 radical (unpaired) electrons. The Morgan fingerprint density at radius 1 is 1.32 bits per heavy atom. The summed E-state index contributed by atoms with van der Waals surface area (Å²) >= 11 is 5.70. The molecule has 0 aliphatic heterocycles. The van der Waals surface area contributed by atoms with Crippen LogP contribution in [0.3, 0.4) is 0 Å². The highest BCUT2D eigenvalue weighted by Crippen LogP contribution is 2.18. The van der Waals surface area contributed by atoms with E-state index in [2.05, 4.69) is 10.3 Å². The van der Waals surface area contributed by atoms with Gasteiger partial charge in [-0.2, -0.15) is 0 Å². The Labute approximate surface area is 116 Å². The SMILES string of the molecule is CNCc1ccc(OCc2ccc(F)c(Cl)c2)cn1. The molecule has 2 aromatic rings. The molecule has 19 heavy (non-hydrogen) atoms. The lowest BCUT2D eigenvalue weighted by atomic mass is 10.2. The highest BCUT2D eigenvalue weighted by molar-refractivity contribution is 6.30. The van der Waals surface area contributed by atoms with Gasteiger partial charge in [-0.3, -0.25) is 4.98 Å². The Morgan fingerprint density at radius 3 is 2.79 bits per heavy atom. The van der Waals surface area contributed by atoms with Gasteiger partial charge in [0.15, 0.2) is 0 Å². The molecule has 0 saturated heterocycles. The number of benzene rings is 1. The number of ether oxygens (including phenoxy) is 1. The van der Waals surface area contributed by atoms with Gasteiger partial charge in [0.05, 0.1) is 16.9 Å². The first kappa shape index (κ1) is 13.8. The van der Waals surface area contributed by atoms with E-state index < -0.39 is 5.82 Å². The summed E-state index contributed by atoms with van der Waals surface area (Å²) in [4.78, 5) is 4.24. The van der Waals surface area contributed by atoms with Crippen molar-refractivity contribution in [3.05, 3.63) is 58.6 Å². The Balaban J connectivity index is 1.96. The van der Waals surface area contributed by atoms with E-state index in [1.54, 1.807) is 18.3 Å². The summed E-state index contributed by atoms with van der Waals surface area (Å²) in [6.45, 7) is 1.04. The average Bonchev–Trinajstić information content (AvgIpc) is 2.42. The maximum absolute atomic E-state index is 13.0. The molecule has 0 aliphatic rings. The largest absolute Gasteiger partial charge is 0.487 e. The molecule has 100 valence electrons. The molecule has 3 nitrogen and oxygen atoms in total. The lowest BCUT2D eigenvalue weighted by Crippen LogP contribution is -2.06. The van der Waals surface area contributed by atoms with Gasteiger partial charge in [-0.05, 0) is 36.9 Å². The van der Waals surface area contributed by atoms with Gasteiger partial charge < -0.3 is 10.1 Å². The zero-order chi connectivity index (χ0) is 13.7. The van der Waals surface area contributed by atoms with Gasteiger partial charge in [-0.1, -0.05) is 17.7 Å². The number of hydrogen-bond donors (Lipinski definition) is 1. The third-order valence-electron chi connectivity index (χ3n) is 2.55. The molecule has 1 aromatic heterocycles. The molecular formula is C14H14ClFN2O. The molecule has 5 heteroatoms. The summed E-state index contributed by atoms with van der Waals surface area (Å²) in [6.07, 6.45) is 1.66. The maximum atomic E-state index is 13.0. The van der Waals surface area contributed by atoms with Gasteiger partial charge in [-0.15, -0.1) is 0 Å². The molecule has 1 aromatic carbocycles. The predicted octanol–water partition coefficient (Wildman–Crippen LogP) is 3.17. The number of halogens is 2.